The van der Waals surface area contributed by atoms with E-state index in [9.17, 15) is 9.90 Å². The van der Waals surface area contributed by atoms with Crippen LogP contribution in [0.1, 0.15) is 34.9 Å². The topological polar surface area (TPSA) is 62.2 Å². The van der Waals surface area contributed by atoms with Gasteiger partial charge in [-0.25, -0.2) is 0 Å². The molecule has 1 aliphatic carbocycles. The van der Waals surface area contributed by atoms with Gasteiger partial charge in [0.15, 0.2) is 0 Å². The van der Waals surface area contributed by atoms with E-state index in [0.29, 0.717) is 38.8 Å². The van der Waals surface area contributed by atoms with Crippen LogP contribution in [0, 0.1) is 12.8 Å². The normalized spacial score (nSPS) is 18.6. The molecule has 4 rings (SSSR count). The van der Waals surface area contributed by atoms with Gasteiger partial charge in [0, 0.05) is 24.5 Å². The van der Waals surface area contributed by atoms with Crippen molar-refractivity contribution in [2.45, 2.75) is 38.3 Å². The number of carbonyl (C=O) groups excluding carboxylic acids is 1. The molecule has 0 spiro atoms. The van der Waals surface area contributed by atoms with Crippen LogP contribution in [-0.2, 0) is 16.0 Å². The maximum Gasteiger partial charge on any atom is 0.237 e. The number of rotatable bonds is 13. The molecule has 0 radical (unpaired) electrons. The molecule has 1 aromatic heterocycles. The van der Waals surface area contributed by atoms with E-state index in [4.69, 9.17) is 9.47 Å². The van der Waals surface area contributed by atoms with E-state index in [1.165, 1.54) is 28.8 Å². The summed E-state index contributed by atoms with van der Waals surface area (Å²) in [6.45, 7) is 9.05. The van der Waals surface area contributed by atoms with Gasteiger partial charge in [0.25, 0.3) is 0 Å². The summed E-state index contributed by atoms with van der Waals surface area (Å²) in [4.78, 5) is 19.0. The zero-order valence-electron chi connectivity index (χ0n) is 20.0. The van der Waals surface area contributed by atoms with Crippen molar-refractivity contribution in [3.05, 3.63) is 64.4 Å². The molecule has 0 bridgehead atoms. The molecule has 1 N–H and O–H groups in total. The standard InChI is InChI=1S/C27H36N2O4S/c1-3-13-32-18-22(30)16-28(15-21-6-7-21)17-27(31)29-12-10-26-24(11-14-34-26)25(29)19-33-23-8-4-20(2)5-9-23/h3-5,8-9,11,14,21-22,25,30H,1,6-7,10,12-13,15-19H2,2H3. The monoisotopic (exact) mass is 484 g/mol. The summed E-state index contributed by atoms with van der Waals surface area (Å²) in [5.41, 5.74) is 2.39. The summed E-state index contributed by atoms with van der Waals surface area (Å²) < 4.78 is 11.5. The Labute approximate surface area is 206 Å². The summed E-state index contributed by atoms with van der Waals surface area (Å²) in [7, 11) is 0. The van der Waals surface area contributed by atoms with Crippen LogP contribution < -0.4 is 4.74 Å². The van der Waals surface area contributed by atoms with Crippen LogP contribution in [0.3, 0.4) is 0 Å². The van der Waals surface area contributed by atoms with Gasteiger partial charge in [-0.15, -0.1) is 17.9 Å². The molecule has 2 aliphatic rings. The second-order valence-corrected chi connectivity index (χ2v) is 10.4. The van der Waals surface area contributed by atoms with Crippen molar-refractivity contribution in [2.24, 2.45) is 5.92 Å². The Morgan fingerprint density at radius 1 is 1.32 bits per heavy atom. The Morgan fingerprint density at radius 2 is 2.12 bits per heavy atom. The van der Waals surface area contributed by atoms with Gasteiger partial charge >= 0.3 is 0 Å². The lowest BCUT2D eigenvalue weighted by Gasteiger charge is -2.37. The number of amides is 1. The number of thiophene rings is 1. The third-order valence-corrected chi connectivity index (χ3v) is 7.43. The van der Waals surface area contributed by atoms with Crippen molar-refractivity contribution in [1.29, 1.82) is 0 Å². The summed E-state index contributed by atoms with van der Waals surface area (Å²) in [5, 5.41) is 12.6. The molecule has 2 heterocycles. The van der Waals surface area contributed by atoms with Gasteiger partial charge in [-0.05, 0) is 61.2 Å². The fourth-order valence-electron chi connectivity index (χ4n) is 4.47. The summed E-state index contributed by atoms with van der Waals surface area (Å²) in [6, 6.07) is 10.1. The molecule has 2 aromatic rings. The maximum atomic E-state index is 13.6. The number of hydrogen-bond acceptors (Lipinski definition) is 6. The lowest BCUT2D eigenvalue weighted by Crippen LogP contribution is -2.48. The van der Waals surface area contributed by atoms with Crippen LogP contribution in [0.4, 0.5) is 0 Å². The predicted molar refractivity (Wildman–Crippen MR) is 135 cm³/mol. The second kappa shape index (κ2) is 12.0. The van der Waals surface area contributed by atoms with Gasteiger partial charge in [-0.3, -0.25) is 9.69 Å². The number of carbonyl (C=O) groups is 1. The number of aliphatic hydroxyl groups excluding tert-OH is 1. The average molecular weight is 485 g/mol. The number of fused-ring (bicyclic) bond motifs is 1. The third kappa shape index (κ3) is 6.92. The third-order valence-electron chi connectivity index (χ3n) is 6.43. The zero-order valence-corrected chi connectivity index (χ0v) is 20.8. The van der Waals surface area contributed by atoms with Gasteiger partial charge in [-0.2, -0.15) is 0 Å². The quantitative estimate of drug-likeness (QED) is 0.346. The van der Waals surface area contributed by atoms with Crippen molar-refractivity contribution >= 4 is 17.2 Å². The largest absolute Gasteiger partial charge is 0.491 e. The van der Waals surface area contributed by atoms with Gasteiger partial charge in [0.05, 0.1) is 31.9 Å². The number of aliphatic hydroxyl groups is 1. The highest BCUT2D eigenvalue weighted by molar-refractivity contribution is 7.10. The molecule has 2 atom stereocenters. The minimum atomic E-state index is -0.628. The molecule has 0 saturated heterocycles. The van der Waals surface area contributed by atoms with E-state index in [1.807, 2.05) is 29.2 Å². The van der Waals surface area contributed by atoms with Crippen molar-refractivity contribution < 1.29 is 19.4 Å². The molecule has 1 aromatic carbocycles. The Balaban J connectivity index is 1.41. The molecule has 1 amide bonds. The number of ether oxygens (including phenoxy) is 2. The number of benzene rings is 1. The van der Waals surface area contributed by atoms with E-state index < -0.39 is 6.10 Å². The van der Waals surface area contributed by atoms with Gasteiger partial charge in [0.2, 0.25) is 5.91 Å². The van der Waals surface area contributed by atoms with Gasteiger partial charge in [0.1, 0.15) is 12.4 Å². The average Bonchev–Trinajstić information content (AvgIpc) is 3.50. The van der Waals surface area contributed by atoms with Crippen LogP contribution in [0.25, 0.3) is 0 Å². The summed E-state index contributed by atoms with van der Waals surface area (Å²) >= 11 is 1.76. The number of nitrogens with zero attached hydrogens (tertiary/aromatic N) is 2. The van der Waals surface area contributed by atoms with Gasteiger partial charge < -0.3 is 19.5 Å². The lowest BCUT2D eigenvalue weighted by atomic mass is 10.0. The molecular formula is C27H36N2O4S. The smallest absolute Gasteiger partial charge is 0.237 e. The Morgan fingerprint density at radius 3 is 2.85 bits per heavy atom. The van der Waals surface area contributed by atoms with E-state index in [1.54, 1.807) is 17.4 Å². The highest BCUT2D eigenvalue weighted by Crippen LogP contribution is 2.34. The Hall–Kier alpha value is -2.19. The first-order valence-electron chi connectivity index (χ1n) is 12.2. The van der Waals surface area contributed by atoms with Gasteiger partial charge in [-0.1, -0.05) is 23.8 Å². The second-order valence-electron chi connectivity index (χ2n) is 9.39. The van der Waals surface area contributed by atoms with E-state index in [2.05, 4.69) is 29.8 Å². The molecule has 6 nitrogen and oxygen atoms in total. The minimum absolute atomic E-state index is 0.0919. The number of aryl methyl sites for hydroxylation is 1. The molecule has 184 valence electrons. The minimum Gasteiger partial charge on any atom is -0.491 e. The first-order valence-corrected chi connectivity index (χ1v) is 13.1. The van der Waals surface area contributed by atoms with Crippen LogP contribution in [0.15, 0.2) is 48.4 Å². The highest BCUT2D eigenvalue weighted by Gasteiger charge is 2.34. The van der Waals surface area contributed by atoms with Crippen LogP contribution in [-0.4, -0.2) is 72.9 Å². The van der Waals surface area contributed by atoms with E-state index in [0.717, 1.165) is 18.7 Å². The SMILES string of the molecule is C=CCOCC(O)CN(CC(=O)N1CCc2sccc2C1COc1ccc(C)cc1)CC1CC1. The Kier molecular flexibility index (Phi) is 8.78. The van der Waals surface area contributed by atoms with Crippen molar-refractivity contribution in [2.75, 3.05) is 46.0 Å². The molecule has 7 heteroatoms. The molecule has 1 saturated carbocycles. The molecule has 34 heavy (non-hydrogen) atoms. The zero-order chi connectivity index (χ0) is 23.9. The fourth-order valence-corrected chi connectivity index (χ4v) is 5.40. The molecule has 1 aliphatic heterocycles. The maximum absolute atomic E-state index is 13.6. The fraction of sp³-hybridized carbons (Fsp3) is 0.519. The van der Waals surface area contributed by atoms with Crippen molar-refractivity contribution in [3.8, 4) is 5.75 Å². The molecular weight excluding hydrogens is 448 g/mol. The lowest BCUT2D eigenvalue weighted by molar-refractivity contribution is -0.136. The molecule has 2 unspecified atom stereocenters. The van der Waals surface area contributed by atoms with E-state index >= 15 is 0 Å². The van der Waals surface area contributed by atoms with Crippen LogP contribution in [0.2, 0.25) is 0 Å². The van der Waals surface area contributed by atoms with Crippen molar-refractivity contribution in [1.82, 2.24) is 9.80 Å². The van der Waals surface area contributed by atoms with Crippen molar-refractivity contribution in [3.63, 3.8) is 0 Å². The summed E-state index contributed by atoms with van der Waals surface area (Å²) in [6.07, 6.45) is 4.31. The number of hydrogen-bond donors (Lipinski definition) is 1. The highest BCUT2D eigenvalue weighted by atomic mass is 32.1. The first kappa shape index (κ1) is 24.9. The first-order chi connectivity index (χ1) is 16.5. The Bertz CT molecular complexity index is 940. The predicted octanol–water partition coefficient (Wildman–Crippen LogP) is 3.84. The van der Waals surface area contributed by atoms with E-state index in [-0.39, 0.29) is 18.6 Å². The van der Waals surface area contributed by atoms with Crippen LogP contribution >= 0.6 is 11.3 Å². The van der Waals surface area contributed by atoms with Crippen LogP contribution in [0.5, 0.6) is 5.75 Å². The summed E-state index contributed by atoms with van der Waals surface area (Å²) in [5.74, 6) is 1.53. The molecule has 1 fully saturated rings.